The summed E-state index contributed by atoms with van der Waals surface area (Å²) in [7, 11) is 0. The van der Waals surface area contributed by atoms with E-state index in [4.69, 9.17) is 4.74 Å². The molecule has 0 saturated carbocycles. The molecule has 0 spiro atoms. The fraction of sp³-hybridized carbons (Fsp3) is 0.500. The fourth-order valence-corrected chi connectivity index (χ4v) is 2.87. The van der Waals surface area contributed by atoms with E-state index in [0.29, 0.717) is 52.5 Å². The van der Waals surface area contributed by atoms with Crippen molar-refractivity contribution < 1.29 is 23.1 Å². The van der Waals surface area contributed by atoms with E-state index in [1.807, 2.05) is 0 Å². The summed E-state index contributed by atoms with van der Waals surface area (Å²) in [5, 5.41) is 0. The Balaban J connectivity index is 1.57. The van der Waals surface area contributed by atoms with Gasteiger partial charge >= 0.3 is 6.03 Å². The molecule has 0 unspecified atom stereocenters. The van der Waals surface area contributed by atoms with Crippen molar-refractivity contribution in [2.24, 2.45) is 0 Å². The van der Waals surface area contributed by atoms with Crippen molar-refractivity contribution in [2.75, 3.05) is 52.5 Å². The number of amides is 3. The Morgan fingerprint density at radius 2 is 1.42 bits per heavy atom. The number of hydrogen-bond acceptors (Lipinski definition) is 3. The number of ether oxygens (including phenoxy) is 1. The summed E-state index contributed by atoms with van der Waals surface area (Å²) in [6, 6.07) is 3.08. The highest BCUT2D eigenvalue weighted by Crippen LogP contribution is 2.14. The second-order valence-corrected chi connectivity index (χ2v) is 5.79. The van der Waals surface area contributed by atoms with Gasteiger partial charge in [-0.1, -0.05) is 0 Å². The third kappa shape index (κ3) is 3.48. The number of piperazine rings is 1. The molecule has 2 aliphatic heterocycles. The molecule has 2 aliphatic rings. The predicted octanol–water partition coefficient (Wildman–Crippen LogP) is 1.17. The Morgan fingerprint density at radius 1 is 0.833 bits per heavy atom. The maximum absolute atomic E-state index is 13.3. The van der Waals surface area contributed by atoms with Crippen molar-refractivity contribution in [3.8, 4) is 0 Å². The Hall–Kier alpha value is -2.22. The van der Waals surface area contributed by atoms with Gasteiger partial charge in [-0.25, -0.2) is 13.6 Å². The van der Waals surface area contributed by atoms with Gasteiger partial charge in [0, 0.05) is 44.8 Å². The Kier molecular flexibility index (Phi) is 4.94. The lowest BCUT2D eigenvalue weighted by Crippen LogP contribution is -2.55. The minimum absolute atomic E-state index is 0.0433. The van der Waals surface area contributed by atoms with Crippen molar-refractivity contribution in [3.63, 3.8) is 0 Å². The average molecular weight is 339 g/mol. The summed E-state index contributed by atoms with van der Waals surface area (Å²) in [6.07, 6.45) is 0. The molecule has 0 radical (unpaired) electrons. The van der Waals surface area contributed by atoms with Gasteiger partial charge in [0.15, 0.2) is 11.6 Å². The highest BCUT2D eigenvalue weighted by molar-refractivity contribution is 5.94. The molecular weight excluding hydrogens is 320 g/mol. The molecule has 2 saturated heterocycles. The summed E-state index contributed by atoms with van der Waals surface area (Å²) in [5.74, 6) is -2.37. The first-order valence-electron chi connectivity index (χ1n) is 7.92. The fourth-order valence-electron chi connectivity index (χ4n) is 2.87. The van der Waals surface area contributed by atoms with Crippen LogP contribution in [0.2, 0.25) is 0 Å². The third-order valence-electron chi connectivity index (χ3n) is 4.29. The van der Waals surface area contributed by atoms with Crippen LogP contribution in [0, 0.1) is 11.6 Å². The quantitative estimate of drug-likeness (QED) is 0.772. The molecule has 0 atom stereocenters. The molecule has 3 amide bonds. The van der Waals surface area contributed by atoms with E-state index in [1.165, 1.54) is 6.07 Å². The third-order valence-corrected chi connectivity index (χ3v) is 4.29. The first-order chi connectivity index (χ1) is 11.6. The van der Waals surface area contributed by atoms with Crippen LogP contribution in [-0.4, -0.2) is 79.1 Å². The zero-order chi connectivity index (χ0) is 17.1. The van der Waals surface area contributed by atoms with E-state index in [2.05, 4.69) is 0 Å². The minimum Gasteiger partial charge on any atom is -0.378 e. The van der Waals surface area contributed by atoms with Gasteiger partial charge in [0.2, 0.25) is 0 Å². The number of hydrogen-bond donors (Lipinski definition) is 0. The lowest BCUT2D eigenvalue weighted by atomic mass is 10.1. The second kappa shape index (κ2) is 7.12. The molecule has 0 bridgehead atoms. The van der Waals surface area contributed by atoms with Crippen LogP contribution in [0.25, 0.3) is 0 Å². The van der Waals surface area contributed by atoms with E-state index >= 15 is 0 Å². The van der Waals surface area contributed by atoms with Crippen molar-refractivity contribution in [1.82, 2.24) is 14.7 Å². The van der Waals surface area contributed by atoms with E-state index < -0.39 is 11.6 Å². The lowest BCUT2D eigenvalue weighted by molar-refractivity contribution is 0.0362. The molecule has 3 rings (SSSR count). The normalized spacial score (nSPS) is 18.7. The maximum atomic E-state index is 13.3. The molecule has 0 aromatic heterocycles. The van der Waals surface area contributed by atoms with Gasteiger partial charge in [0.05, 0.1) is 13.2 Å². The number of rotatable bonds is 1. The Labute approximate surface area is 138 Å². The van der Waals surface area contributed by atoms with Crippen LogP contribution in [0.3, 0.4) is 0 Å². The molecule has 130 valence electrons. The Bertz CT molecular complexity index is 627. The number of urea groups is 1. The first kappa shape index (κ1) is 16.6. The standard InChI is InChI=1S/C16H19F2N3O3/c17-13-2-1-12(11-14(13)18)15(22)19-3-5-20(6-4-19)16(23)21-7-9-24-10-8-21/h1-2,11H,3-10H2. The van der Waals surface area contributed by atoms with Crippen molar-refractivity contribution in [3.05, 3.63) is 35.4 Å². The largest absolute Gasteiger partial charge is 0.378 e. The molecule has 1 aromatic rings. The molecular formula is C16H19F2N3O3. The maximum Gasteiger partial charge on any atom is 0.320 e. The summed E-state index contributed by atoms with van der Waals surface area (Å²) < 4.78 is 31.5. The summed E-state index contributed by atoms with van der Waals surface area (Å²) in [4.78, 5) is 29.7. The highest BCUT2D eigenvalue weighted by Gasteiger charge is 2.28. The van der Waals surface area contributed by atoms with Crippen molar-refractivity contribution in [1.29, 1.82) is 0 Å². The number of benzene rings is 1. The number of nitrogens with zero attached hydrogens (tertiary/aromatic N) is 3. The molecule has 6 nitrogen and oxygen atoms in total. The van der Waals surface area contributed by atoms with Crippen LogP contribution in [0.1, 0.15) is 10.4 Å². The highest BCUT2D eigenvalue weighted by atomic mass is 19.2. The van der Waals surface area contributed by atoms with Crippen molar-refractivity contribution >= 4 is 11.9 Å². The van der Waals surface area contributed by atoms with Gasteiger partial charge in [-0.15, -0.1) is 0 Å². The topological polar surface area (TPSA) is 53.1 Å². The summed E-state index contributed by atoms with van der Waals surface area (Å²) >= 11 is 0. The number of carbonyl (C=O) groups is 2. The van der Waals surface area contributed by atoms with Gasteiger partial charge in [-0.3, -0.25) is 4.79 Å². The van der Waals surface area contributed by atoms with Gasteiger partial charge in [-0.05, 0) is 18.2 Å². The molecule has 0 N–H and O–H groups in total. The SMILES string of the molecule is O=C(c1ccc(F)c(F)c1)N1CCN(C(=O)N2CCOCC2)CC1. The minimum atomic E-state index is -1.04. The van der Waals surface area contributed by atoms with Gasteiger partial charge in [0.1, 0.15) is 0 Å². The molecule has 8 heteroatoms. The van der Waals surface area contributed by atoms with Crippen LogP contribution in [-0.2, 0) is 4.74 Å². The molecule has 2 heterocycles. The molecule has 2 fully saturated rings. The molecule has 0 aliphatic carbocycles. The monoisotopic (exact) mass is 339 g/mol. The van der Waals surface area contributed by atoms with Gasteiger partial charge < -0.3 is 19.4 Å². The number of morpholine rings is 1. The average Bonchev–Trinajstić information content (AvgIpc) is 2.63. The van der Waals surface area contributed by atoms with Crippen LogP contribution >= 0.6 is 0 Å². The predicted molar refractivity (Wildman–Crippen MR) is 81.6 cm³/mol. The van der Waals surface area contributed by atoms with Crippen molar-refractivity contribution in [2.45, 2.75) is 0 Å². The van der Waals surface area contributed by atoms with Crippen LogP contribution in [0.4, 0.5) is 13.6 Å². The van der Waals surface area contributed by atoms with Crippen LogP contribution < -0.4 is 0 Å². The zero-order valence-electron chi connectivity index (χ0n) is 13.2. The first-order valence-corrected chi connectivity index (χ1v) is 7.92. The summed E-state index contributed by atoms with van der Waals surface area (Å²) in [5.41, 5.74) is 0.113. The number of halogens is 2. The van der Waals surface area contributed by atoms with Gasteiger partial charge in [0.25, 0.3) is 5.91 Å². The van der Waals surface area contributed by atoms with E-state index in [-0.39, 0.29) is 17.5 Å². The second-order valence-electron chi connectivity index (χ2n) is 5.79. The van der Waals surface area contributed by atoms with E-state index in [9.17, 15) is 18.4 Å². The smallest absolute Gasteiger partial charge is 0.320 e. The lowest BCUT2D eigenvalue weighted by Gasteiger charge is -2.38. The zero-order valence-corrected chi connectivity index (χ0v) is 13.2. The summed E-state index contributed by atoms with van der Waals surface area (Å²) in [6.45, 7) is 3.82. The van der Waals surface area contributed by atoms with Crippen LogP contribution in [0.5, 0.6) is 0 Å². The number of carbonyl (C=O) groups excluding carboxylic acids is 2. The van der Waals surface area contributed by atoms with Crippen LogP contribution in [0.15, 0.2) is 18.2 Å². The molecule has 1 aromatic carbocycles. The Morgan fingerprint density at radius 3 is 2.04 bits per heavy atom. The van der Waals surface area contributed by atoms with E-state index in [1.54, 1.807) is 14.7 Å². The molecule has 24 heavy (non-hydrogen) atoms. The van der Waals surface area contributed by atoms with Gasteiger partial charge in [-0.2, -0.15) is 0 Å². The van der Waals surface area contributed by atoms with E-state index in [0.717, 1.165) is 12.1 Å².